The minimum Gasteiger partial charge on any atom is -0.464 e. The van der Waals surface area contributed by atoms with Crippen molar-refractivity contribution in [2.24, 2.45) is 0 Å². The number of hydrogen-bond donors (Lipinski definition) is 3. The van der Waals surface area contributed by atoms with Crippen LogP contribution < -0.4 is 15.4 Å². The molecule has 0 aromatic carbocycles. The molecule has 0 unspecified atom stereocenters. The Bertz CT molecular complexity index is 409. The van der Waals surface area contributed by atoms with E-state index in [1.54, 1.807) is 0 Å². The fourth-order valence-corrected chi connectivity index (χ4v) is 1.82. The maximum Gasteiger partial charge on any atom is 0.323 e. The SMILES string of the molecule is CCCNc1nc(NC2CC(O)C2)nc(OCC)n1. The highest BCUT2D eigenvalue weighted by Gasteiger charge is 2.27. The van der Waals surface area contributed by atoms with Gasteiger partial charge in [-0.1, -0.05) is 6.92 Å². The summed E-state index contributed by atoms with van der Waals surface area (Å²) < 4.78 is 5.33. The highest BCUT2D eigenvalue weighted by Crippen LogP contribution is 2.23. The van der Waals surface area contributed by atoms with Gasteiger partial charge in [0.25, 0.3) is 0 Å². The van der Waals surface area contributed by atoms with Gasteiger partial charge in [0.05, 0.1) is 12.7 Å². The Morgan fingerprint density at radius 3 is 2.58 bits per heavy atom. The number of nitrogens with one attached hydrogen (secondary N) is 2. The van der Waals surface area contributed by atoms with Crippen LogP contribution in [-0.4, -0.2) is 45.4 Å². The minimum atomic E-state index is -0.205. The van der Waals surface area contributed by atoms with Crippen LogP contribution in [0.1, 0.15) is 33.1 Å². The van der Waals surface area contributed by atoms with Crippen molar-refractivity contribution in [3.63, 3.8) is 0 Å². The molecule has 1 aliphatic rings. The third-order valence-electron chi connectivity index (χ3n) is 2.87. The first kappa shape index (κ1) is 13.8. The fourth-order valence-electron chi connectivity index (χ4n) is 1.82. The second-order valence-corrected chi connectivity index (χ2v) is 4.59. The zero-order valence-corrected chi connectivity index (χ0v) is 11.4. The summed E-state index contributed by atoms with van der Waals surface area (Å²) in [4.78, 5) is 12.7. The monoisotopic (exact) mass is 267 g/mol. The number of nitrogens with zero attached hydrogens (tertiary/aromatic N) is 3. The molecule has 1 aliphatic carbocycles. The molecule has 7 heteroatoms. The number of ether oxygens (including phenoxy) is 1. The van der Waals surface area contributed by atoms with Crippen molar-refractivity contribution in [2.45, 2.75) is 45.3 Å². The zero-order chi connectivity index (χ0) is 13.7. The molecule has 0 atom stereocenters. The van der Waals surface area contributed by atoms with Crippen LogP contribution in [0.4, 0.5) is 11.9 Å². The van der Waals surface area contributed by atoms with Gasteiger partial charge in [-0.25, -0.2) is 0 Å². The van der Waals surface area contributed by atoms with E-state index in [1.165, 1.54) is 0 Å². The van der Waals surface area contributed by atoms with Crippen molar-refractivity contribution in [3.8, 4) is 6.01 Å². The first-order valence-electron chi connectivity index (χ1n) is 6.78. The topological polar surface area (TPSA) is 92.2 Å². The number of rotatable bonds is 7. The van der Waals surface area contributed by atoms with E-state index in [0.717, 1.165) is 25.8 Å². The van der Waals surface area contributed by atoms with E-state index in [4.69, 9.17) is 4.74 Å². The van der Waals surface area contributed by atoms with Crippen LogP contribution >= 0.6 is 0 Å². The maximum absolute atomic E-state index is 9.28. The third kappa shape index (κ3) is 3.92. The lowest BCUT2D eigenvalue weighted by Gasteiger charge is -2.31. The average Bonchev–Trinajstić information content (AvgIpc) is 2.35. The second-order valence-electron chi connectivity index (χ2n) is 4.59. The number of anilines is 2. The summed E-state index contributed by atoms with van der Waals surface area (Å²) in [6, 6.07) is 0.546. The molecule has 2 rings (SSSR count). The molecular weight excluding hydrogens is 246 g/mol. The van der Waals surface area contributed by atoms with E-state index in [1.807, 2.05) is 6.92 Å². The lowest BCUT2D eigenvalue weighted by atomic mass is 9.90. The Balaban J connectivity index is 2.04. The van der Waals surface area contributed by atoms with Gasteiger partial charge in [-0.2, -0.15) is 15.0 Å². The molecule has 0 spiro atoms. The van der Waals surface area contributed by atoms with Crippen molar-refractivity contribution in [1.29, 1.82) is 0 Å². The minimum absolute atomic E-state index is 0.205. The van der Waals surface area contributed by atoms with Crippen LogP contribution in [0.15, 0.2) is 0 Å². The summed E-state index contributed by atoms with van der Waals surface area (Å²) in [5, 5.41) is 15.6. The van der Waals surface area contributed by atoms with Crippen molar-refractivity contribution >= 4 is 11.9 Å². The normalized spacial score (nSPS) is 21.6. The van der Waals surface area contributed by atoms with E-state index in [2.05, 4.69) is 32.5 Å². The summed E-state index contributed by atoms with van der Waals surface area (Å²) >= 11 is 0. The maximum atomic E-state index is 9.28. The Labute approximate surface area is 112 Å². The molecule has 0 bridgehead atoms. The Kier molecular flexibility index (Phi) is 4.73. The molecule has 0 radical (unpaired) electrons. The Morgan fingerprint density at radius 1 is 1.21 bits per heavy atom. The summed E-state index contributed by atoms with van der Waals surface area (Å²) in [5.74, 6) is 1.01. The van der Waals surface area contributed by atoms with E-state index in [9.17, 15) is 5.11 Å². The van der Waals surface area contributed by atoms with Gasteiger partial charge in [0, 0.05) is 12.6 Å². The van der Waals surface area contributed by atoms with Crippen LogP contribution in [0.5, 0.6) is 6.01 Å². The van der Waals surface area contributed by atoms with Gasteiger partial charge in [-0.15, -0.1) is 0 Å². The predicted molar refractivity (Wildman–Crippen MR) is 72.4 cm³/mol. The lowest BCUT2D eigenvalue weighted by molar-refractivity contribution is 0.0834. The quantitative estimate of drug-likeness (QED) is 0.679. The van der Waals surface area contributed by atoms with Gasteiger partial charge in [0.2, 0.25) is 11.9 Å². The standard InChI is InChI=1S/C12H21N5O2/c1-3-5-13-10-15-11(14-8-6-9(18)7-8)17-12(16-10)19-4-2/h8-9,18H,3-7H2,1-2H3,(H2,13,14,15,16,17). The largest absolute Gasteiger partial charge is 0.464 e. The molecule has 0 aliphatic heterocycles. The Morgan fingerprint density at radius 2 is 1.95 bits per heavy atom. The van der Waals surface area contributed by atoms with E-state index < -0.39 is 0 Å². The number of aromatic nitrogens is 3. The molecule has 3 N–H and O–H groups in total. The molecule has 1 saturated carbocycles. The van der Waals surface area contributed by atoms with Gasteiger partial charge in [0.1, 0.15) is 0 Å². The molecular formula is C12H21N5O2. The molecule has 0 amide bonds. The summed E-state index contributed by atoms with van der Waals surface area (Å²) in [5.41, 5.74) is 0. The molecule has 19 heavy (non-hydrogen) atoms. The average molecular weight is 267 g/mol. The van der Waals surface area contributed by atoms with Gasteiger partial charge in [-0.05, 0) is 26.2 Å². The van der Waals surface area contributed by atoms with Gasteiger partial charge in [0.15, 0.2) is 0 Å². The molecule has 1 heterocycles. The van der Waals surface area contributed by atoms with Crippen LogP contribution in [0.2, 0.25) is 0 Å². The molecule has 1 fully saturated rings. The van der Waals surface area contributed by atoms with Crippen molar-refractivity contribution in [3.05, 3.63) is 0 Å². The van der Waals surface area contributed by atoms with E-state index in [-0.39, 0.29) is 12.1 Å². The molecule has 1 aromatic heterocycles. The van der Waals surface area contributed by atoms with Crippen LogP contribution in [0, 0.1) is 0 Å². The third-order valence-corrected chi connectivity index (χ3v) is 2.87. The van der Waals surface area contributed by atoms with Crippen molar-refractivity contribution in [2.75, 3.05) is 23.8 Å². The number of aliphatic hydroxyl groups excluding tert-OH is 1. The number of aliphatic hydroxyl groups is 1. The smallest absolute Gasteiger partial charge is 0.323 e. The van der Waals surface area contributed by atoms with Crippen LogP contribution in [0.3, 0.4) is 0 Å². The van der Waals surface area contributed by atoms with Crippen molar-refractivity contribution in [1.82, 2.24) is 15.0 Å². The first-order valence-corrected chi connectivity index (χ1v) is 6.78. The lowest BCUT2D eigenvalue weighted by Crippen LogP contribution is -2.39. The molecule has 1 aromatic rings. The van der Waals surface area contributed by atoms with Gasteiger partial charge >= 0.3 is 6.01 Å². The van der Waals surface area contributed by atoms with Gasteiger partial charge < -0.3 is 20.5 Å². The molecule has 0 saturated heterocycles. The van der Waals surface area contributed by atoms with Crippen LogP contribution in [0.25, 0.3) is 0 Å². The summed E-state index contributed by atoms with van der Waals surface area (Å²) in [6.45, 7) is 5.28. The van der Waals surface area contributed by atoms with Crippen molar-refractivity contribution < 1.29 is 9.84 Å². The molecule has 7 nitrogen and oxygen atoms in total. The Hall–Kier alpha value is -1.63. The predicted octanol–water partition coefficient (Wildman–Crippen LogP) is 1.03. The highest BCUT2D eigenvalue weighted by atomic mass is 16.5. The van der Waals surface area contributed by atoms with E-state index in [0.29, 0.717) is 24.5 Å². The van der Waals surface area contributed by atoms with Crippen LogP contribution in [-0.2, 0) is 0 Å². The van der Waals surface area contributed by atoms with E-state index >= 15 is 0 Å². The van der Waals surface area contributed by atoms with Gasteiger partial charge in [-0.3, -0.25) is 0 Å². The second kappa shape index (κ2) is 6.51. The summed E-state index contributed by atoms with van der Waals surface area (Å²) in [6.07, 6.45) is 2.25. The fraction of sp³-hybridized carbons (Fsp3) is 0.750. The number of hydrogen-bond acceptors (Lipinski definition) is 7. The first-order chi connectivity index (χ1) is 9.21. The highest BCUT2D eigenvalue weighted by molar-refractivity contribution is 5.37. The zero-order valence-electron chi connectivity index (χ0n) is 11.4. The summed E-state index contributed by atoms with van der Waals surface area (Å²) in [7, 11) is 0. The molecule has 106 valence electrons.